The number of carbonyl (C=O) groups is 1. The zero-order valence-electron chi connectivity index (χ0n) is 12.0. The maximum atomic E-state index is 13.1. The number of benzene rings is 2. The van der Waals surface area contributed by atoms with E-state index in [0.717, 1.165) is 5.56 Å². The normalized spacial score (nSPS) is 13.5. The van der Waals surface area contributed by atoms with E-state index >= 15 is 0 Å². The molecule has 21 heavy (non-hydrogen) atoms. The third kappa shape index (κ3) is 3.50. The van der Waals surface area contributed by atoms with Gasteiger partial charge in [-0.15, -0.1) is 0 Å². The molecule has 110 valence electrons. The van der Waals surface area contributed by atoms with Crippen LogP contribution in [0, 0.1) is 12.7 Å². The molecule has 1 unspecified atom stereocenters. The summed E-state index contributed by atoms with van der Waals surface area (Å²) in [4.78, 5) is 12.5. The summed E-state index contributed by atoms with van der Waals surface area (Å²) in [6, 6.07) is 13.9. The van der Waals surface area contributed by atoms with Crippen LogP contribution in [0.1, 0.15) is 28.4 Å². The standard InChI is InChI=1S/C17H17BrFNO/c1-12-10-14(19)8-9-15(12)16(21)20-17(2,11-18)13-6-4-3-5-7-13/h3-10H,11H2,1-2H3,(H,20,21). The van der Waals surface area contributed by atoms with Crippen molar-refractivity contribution in [3.8, 4) is 0 Å². The second kappa shape index (κ2) is 6.39. The Bertz CT molecular complexity index is 644. The average molecular weight is 350 g/mol. The highest BCUT2D eigenvalue weighted by atomic mass is 79.9. The van der Waals surface area contributed by atoms with Gasteiger partial charge in [-0.1, -0.05) is 46.3 Å². The number of alkyl halides is 1. The summed E-state index contributed by atoms with van der Waals surface area (Å²) in [5.74, 6) is -0.548. The molecular weight excluding hydrogens is 333 g/mol. The first-order valence-corrected chi connectivity index (χ1v) is 7.78. The maximum absolute atomic E-state index is 13.1. The van der Waals surface area contributed by atoms with Gasteiger partial charge in [0.05, 0.1) is 5.54 Å². The van der Waals surface area contributed by atoms with Crippen molar-refractivity contribution in [2.45, 2.75) is 19.4 Å². The summed E-state index contributed by atoms with van der Waals surface area (Å²) >= 11 is 3.47. The Morgan fingerprint density at radius 3 is 2.48 bits per heavy atom. The maximum Gasteiger partial charge on any atom is 0.252 e. The van der Waals surface area contributed by atoms with Gasteiger partial charge < -0.3 is 5.32 Å². The lowest BCUT2D eigenvalue weighted by molar-refractivity contribution is 0.0913. The van der Waals surface area contributed by atoms with E-state index in [4.69, 9.17) is 0 Å². The number of nitrogens with one attached hydrogen (secondary N) is 1. The molecule has 2 aromatic rings. The third-order valence-corrected chi connectivity index (χ3v) is 4.62. The Morgan fingerprint density at radius 2 is 1.90 bits per heavy atom. The molecule has 1 N–H and O–H groups in total. The molecule has 2 nitrogen and oxygen atoms in total. The number of carbonyl (C=O) groups excluding carboxylic acids is 1. The molecule has 0 aromatic heterocycles. The number of amides is 1. The van der Waals surface area contributed by atoms with Gasteiger partial charge in [-0.25, -0.2) is 4.39 Å². The number of rotatable bonds is 4. The van der Waals surface area contributed by atoms with Crippen molar-refractivity contribution in [1.29, 1.82) is 0 Å². The number of halogens is 2. The van der Waals surface area contributed by atoms with Gasteiger partial charge in [0, 0.05) is 10.9 Å². The Kier molecular flexibility index (Phi) is 4.78. The van der Waals surface area contributed by atoms with Crippen LogP contribution in [0.3, 0.4) is 0 Å². The van der Waals surface area contributed by atoms with E-state index in [1.165, 1.54) is 18.2 Å². The fourth-order valence-electron chi connectivity index (χ4n) is 2.19. The number of hydrogen-bond donors (Lipinski definition) is 1. The van der Waals surface area contributed by atoms with Crippen molar-refractivity contribution < 1.29 is 9.18 Å². The van der Waals surface area contributed by atoms with E-state index < -0.39 is 5.54 Å². The van der Waals surface area contributed by atoms with Gasteiger partial charge in [0.2, 0.25) is 0 Å². The first kappa shape index (κ1) is 15.7. The largest absolute Gasteiger partial charge is 0.342 e. The minimum absolute atomic E-state index is 0.210. The molecule has 1 amide bonds. The Morgan fingerprint density at radius 1 is 1.24 bits per heavy atom. The van der Waals surface area contributed by atoms with Gasteiger partial charge in [0.25, 0.3) is 5.91 Å². The van der Waals surface area contributed by atoms with Crippen LogP contribution < -0.4 is 5.32 Å². The minimum atomic E-state index is -0.529. The molecule has 0 spiro atoms. The molecule has 0 saturated carbocycles. The van der Waals surface area contributed by atoms with E-state index in [1.807, 2.05) is 37.3 Å². The zero-order chi connectivity index (χ0) is 15.5. The highest BCUT2D eigenvalue weighted by Crippen LogP contribution is 2.24. The summed E-state index contributed by atoms with van der Waals surface area (Å²) in [5, 5.41) is 3.61. The Labute approximate surface area is 132 Å². The number of hydrogen-bond acceptors (Lipinski definition) is 1. The second-order valence-corrected chi connectivity index (χ2v) is 5.81. The first-order chi connectivity index (χ1) is 9.96. The zero-order valence-corrected chi connectivity index (χ0v) is 13.6. The summed E-state index contributed by atoms with van der Waals surface area (Å²) in [6.45, 7) is 3.68. The molecule has 0 fully saturated rings. The van der Waals surface area contributed by atoms with Crippen molar-refractivity contribution in [3.05, 3.63) is 71.0 Å². The Hall–Kier alpha value is -1.68. The molecule has 0 aliphatic heterocycles. The Balaban J connectivity index is 2.28. The van der Waals surface area contributed by atoms with Crippen LogP contribution in [0.4, 0.5) is 4.39 Å². The molecule has 0 bridgehead atoms. The molecule has 0 heterocycles. The van der Waals surface area contributed by atoms with Gasteiger partial charge >= 0.3 is 0 Å². The van der Waals surface area contributed by atoms with Crippen LogP contribution in [0.15, 0.2) is 48.5 Å². The molecule has 1 atom stereocenters. The van der Waals surface area contributed by atoms with E-state index in [-0.39, 0.29) is 11.7 Å². The van der Waals surface area contributed by atoms with Gasteiger partial charge in [-0.05, 0) is 43.2 Å². The van der Waals surface area contributed by atoms with Gasteiger partial charge in [-0.2, -0.15) is 0 Å². The molecule has 2 aromatic carbocycles. The highest BCUT2D eigenvalue weighted by Gasteiger charge is 2.28. The van der Waals surface area contributed by atoms with Gasteiger partial charge in [0.1, 0.15) is 5.82 Å². The minimum Gasteiger partial charge on any atom is -0.342 e. The topological polar surface area (TPSA) is 29.1 Å². The number of aryl methyl sites for hydroxylation is 1. The van der Waals surface area contributed by atoms with Crippen molar-refractivity contribution in [1.82, 2.24) is 5.32 Å². The van der Waals surface area contributed by atoms with E-state index in [2.05, 4.69) is 21.2 Å². The summed E-state index contributed by atoms with van der Waals surface area (Å²) in [6.07, 6.45) is 0. The second-order valence-electron chi connectivity index (χ2n) is 5.25. The SMILES string of the molecule is Cc1cc(F)ccc1C(=O)NC(C)(CBr)c1ccccc1. The highest BCUT2D eigenvalue weighted by molar-refractivity contribution is 9.09. The molecule has 4 heteroatoms. The van der Waals surface area contributed by atoms with Crippen LogP contribution in [0.25, 0.3) is 0 Å². The van der Waals surface area contributed by atoms with E-state index in [0.29, 0.717) is 16.5 Å². The predicted molar refractivity (Wildman–Crippen MR) is 86.2 cm³/mol. The van der Waals surface area contributed by atoms with Crippen LogP contribution in [-0.2, 0) is 5.54 Å². The summed E-state index contributed by atoms with van der Waals surface area (Å²) in [7, 11) is 0. The van der Waals surface area contributed by atoms with E-state index in [9.17, 15) is 9.18 Å². The van der Waals surface area contributed by atoms with Crippen molar-refractivity contribution >= 4 is 21.8 Å². The molecule has 0 radical (unpaired) electrons. The lowest BCUT2D eigenvalue weighted by Gasteiger charge is -2.29. The predicted octanol–water partition coefficient (Wildman–Crippen LogP) is 4.17. The lowest BCUT2D eigenvalue weighted by atomic mass is 9.93. The quantitative estimate of drug-likeness (QED) is 0.824. The van der Waals surface area contributed by atoms with Gasteiger partial charge in [-0.3, -0.25) is 4.79 Å². The summed E-state index contributed by atoms with van der Waals surface area (Å²) in [5.41, 5.74) is 1.59. The van der Waals surface area contributed by atoms with Crippen LogP contribution >= 0.6 is 15.9 Å². The fourth-order valence-corrected chi connectivity index (χ4v) is 2.65. The molecule has 0 saturated heterocycles. The van der Waals surface area contributed by atoms with Crippen molar-refractivity contribution in [3.63, 3.8) is 0 Å². The third-order valence-electron chi connectivity index (χ3n) is 3.50. The van der Waals surface area contributed by atoms with Crippen molar-refractivity contribution in [2.75, 3.05) is 5.33 Å². The first-order valence-electron chi connectivity index (χ1n) is 6.66. The fraction of sp³-hybridized carbons (Fsp3) is 0.235. The summed E-state index contributed by atoms with van der Waals surface area (Å²) < 4.78 is 13.1. The van der Waals surface area contributed by atoms with Crippen molar-refractivity contribution in [2.24, 2.45) is 0 Å². The molecule has 2 rings (SSSR count). The lowest BCUT2D eigenvalue weighted by Crippen LogP contribution is -2.45. The molecule has 0 aliphatic rings. The van der Waals surface area contributed by atoms with Crippen LogP contribution in [0.5, 0.6) is 0 Å². The smallest absolute Gasteiger partial charge is 0.252 e. The monoisotopic (exact) mass is 349 g/mol. The van der Waals surface area contributed by atoms with Crippen LogP contribution in [-0.4, -0.2) is 11.2 Å². The average Bonchev–Trinajstić information content (AvgIpc) is 2.47. The van der Waals surface area contributed by atoms with E-state index in [1.54, 1.807) is 6.92 Å². The van der Waals surface area contributed by atoms with Crippen LogP contribution in [0.2, 0.25) is 0 Å². The van der Waals surface area contributed by atoms with Gasteiger partial charge in [0.15, 0.2) is 0 Å². The molecule has 0 aliphatic carbocycles. The molecular formula is C17H17BrFNO.